The van der Waals surface area contributed by atoms with E-state index in [1.54, 1.807) is 13.8 Å². The predicted molar refractivity (Wildman–Crippen MR) is 243 cm³/mol. The monoisotopic (exact) mass is 929 g/mol. The van der Waals surface area contributed by atoms with Gasteiger partial charge in [-0.15, -0.1) is 0 Å². The highest BCUT2D eigenvalue weighted by Crippen LogP contribution is 2.73. The van der Waals surface area contributed by atoms with E-state index in [1.165, 1.54) is 0 Å². The van der Waals surface area contributed by atoms with Crippen molar-refractivity contribution >= 4 is 0 Å². The highest BCUT2D eigenvalue weighted by Gasteiger charge is 2.80. The molecular weight excluding hydrogens is 853 g/mol. The predicted octanol–water partition coefficient (Wildman–Crippen LogP) is 4.41. The first-order chi connectivity index (χ1) is 31.4. The second-order valence-corrected chi connectivity index (χ2v) is 26.3. The molecule has 4 aliphatic heterocycles. The van der Waals surface area contributed by atoms with Gasteiger partial charge in [-0.25, -0.2) is 0 Å². The summed E-state index contributed by atoms with van der Waals surface area (Å²) in [5, 5.41) is 83.0. The van der Waals surface area contributed by atoms with Crippen molar-refractivity contribution in [3.63, 3.8) is 0 Å². The quantitative estimate of drug-likeness (QED) is 0.196. The molecule has 12 aliphatic rings. The molecule has 4 saturated heterocycles. The van der Waals surface area contributed by atoms with Gasteiger partial charge >= 0.3 is 0 Å². The Hall–Kier alpha value is -1.88. The average Bonchev–Trinajstić information content (AvgIpc) is 3.92. The highest BCUT2D eigenvalue weighted by atomic mass is 16.7. The van der Waals surface area contributed by atoms with Crippen molar-refractivity contribution in [3.8, 4) is 0 Å². The molecule has 0 bridgehead atoms. The molecule has 8 fully saturated rings. The van der Waals surface area contributed by atoms with Crippen LogP contribution in [-0.4, -0.2) is 123 Å². The number of ether oxygens (including phenoxy) is 4. The third-order valence-electron chi connectivity index (χ3n) is 23.5. The van der Waals surface area contributed by atoms with Gasteiger partial charge < -0.3 is 54.7 Å². The Morgan fingerprint density at radius 2 is 1.15 bits per heavy atom. The minimum absolute atomic E-state index is 0.0983. The van der Waals surface area contributed by atoms with Gasteiger partial charge in [-0.3, -0.25) is 9.97 Å². The molecule has 1 aromatic heterocycles. The molecule has 13 heteroatoms. The van der Waals surface area contributed by atoms with E-state index >= 15 is 0 Å². The lowest BCUT2D eigenvalue weighted by molar-refractivity contribution is -0.289. The lowest BCUT2D eigenvalue weighted by Crippen LogP contribution is -2.65. The smallest absolute Gasteiger partial charge is 0.201 e. The van der Waals surface area contributed by atoms with Crippen molar-refractivity contribution in [2.24, 2.45) is 69.0 Å². The maximum Gasteiger partial charge on any atom is 0.201 e. The van der Waals surface area contributed by atoms with Crippen LogP contribution in [0.4, 0.5) is 0 Å². The van der Waals surface area contributed by atoms with Crippen LogP contribution in [0.25, 0.3) is 0 Å². The van der Waals surface area contributed by atoms with Crippen LogP contribution in [0.2, 0.25) is 0 Å². The fourth-order valence-electron chi connectivity index (χ4n) is 19.3. The van der Waals surface area contributed by atoms with Crippen molar-refractivity contribution in [3.05, 3.63) is 46.1 Å². The van der Waals surface area contributed by atoms with Gasteiger partial charge in [0.2, 0.25) is 5.79 Å². The number of hydrogen-bond donors (Lipinski definition) is 7. The van der Waals surface area contributed by atoms with E-state index < -0.39 is 87.2 Å². The maximum absolute atomic E-state index is 12.9. The van der Waals surface area contributed by atoms with Gasteiger partial charge in [0.05, 0.1) is 59.4 Å². The summed E-state index contributed by atoms with van der Waals surface area (Å²) in [6.45, 7) is 16.3. The molecule has 4 saturated carbocycles. The molecule has 13 nitrogen and oxygen atoms in total. The number of rotatable bonds is 1. The number of hydrogen-bond acceptors (Lipinski definition) is 13. The summed E-state index contributed by atoms with van der Waals surface area (Å²) in [6.07, 6.45) is 9.98. The van der Waals surface area contributed by atoms with Crippen LogP contribution < -0.4 is 0 Å². The second-order valence-electron chi connectivity index (χ2n) is 26.3. The first kappa shape index (κ1) is 45.0. The van der Waals surface area contributed by atoms with Crippen LogP contribution in [0.15, 0.2) is 23.3 Å². The summed E-state index contributed by atoms with van der Waals surface area (Å²) >= 11 is 0. The Morgan fingerprint density at radius 3 is 1.63 bits per heavy atom. The summed E-state index contributed by atoms with van der Waals surface area (Å²) in [5.74, 6) is -1.98. The van der Waals surface area contributed by atoms with E-state index in [2.05, 4.69) is 32.9 Å². The summed E-state index contributed by atoms with van der Waals surface area (Å²) in [6, 6.07) is 0. The first-order valence-corrected chi connectivity index (χ1v) is 26.2. The van der Waals surface area contributed by atoms with Crippen LogP contribution in [-0.2, 0) is 44.6 Å². The second kappa shape index (κ2) is 13.4. The molecule has 0 amide bonds. The van der Waals surface area contributed by atoms with E-state index in [1.807, 2.05) is 20.8 Å². The summed E-state index contributed by atoms with van der Waals surface area (Å²) < 4.78 is 26.1. The van der Waals surface area contributed by atoms with Gasteiger partial charge in [0.25, 0.3) is 0 Å². The topological polar surface area (TPSA) is 204 Å². The van der Waals surface area contributed by atoms with Gasteiger partial charge in [0.15, 0.2) is 5.79 Å². The summed E-state index contributed by atoms with van der Waals surface area (Å²) in [7, 11) is 0. The zero-order valence-electron chi connectivity index (χ0n) is 40.9. The van der Waals surface area contributed by atoms with Crippen molar-refractivity contribution in [1.82, 2.24) is 9.97 Å². The molecule has 23 atom stereocenters. The van der Waals surface area contributed by atoms with Crippen LogP contribution in [0.3, 0.4) is 0 Å². The number of nitrogens with zero attached hydrogens (tertiary/aromatic N) is 2. The Morgan fingerprint density at radius 1 is 0.642 bits per heavy atom. The molecule has 5 heterocycles. The summed E-state index contributed by atoms with van der Waals surface area (Å²) in [5.41, 5.74) is -0.160. The van der Waals surface area contributed by atoms with E-state index in [4.69, 9.17) is 28.9 Å². The third-order valence-corrected chi connectivity index (χ3v) is 23.5. The molecule has 2 spiro atoms. The Kier molecular flexibility index (Phi) is 9.00. The van der Waals surface area contributed by atoms with E-state index in [0.29, 0.717) is 37.5 Å². The van der Waals surface area contributed by atoms with Gasteiger partial charge in [-0.1, -0.05) is 64.8 Å². The molecule has 0 aromatic carbocycles. The zero-order valence-corrected chi connectivity index (χ0v) is 40.9. The molecule has 67 heavy (non-hydrogen) atoms. The number of aliphatic hydroxyl groups excluding tert-OH is 4. The van der Waals surface area contributed by atoms with Crippen molar-refractivity contribution in [2.45, 2.75) is 203 Å². The lowest BCUT2D eigenvalue weighted by atomic mass is 9.44. The molecular formula is C54H76N2O11. The molecule has 0 radical (unpaired) electrons. The minimum atomic E-state index is -1.50. The maximum atomic E-state index is 12.9. The molecule has 368 valence electrons. The van der Waals surface area contributed by atoms with Gasteiger partial charge in [-0.05, 0) is 131 Å². The third kappa shape index (κ3) is 5.11. The molecule has 7 N–H and O–H groups in total. The van der Waals surface area contributed by atoms with Gasteiger partial charge in [0.1, 0.15) is 29.5 Å². The van der Waals surface area contributed by atoms with Crippen LogP contribution in [0, 0.1) is 69.0 Å². The van der Waals surface area contributed by atoms with Crippen molar-refractivity contribution in [2.75, 3.05) is 13.2 Å². The molecule has 1 aromatic rings. The number of aliphatic hydroxyl groups is 7. The van der Waals surface area contributed by atoms with E-state index in [0.717, 1.165) is 85.3 Å². The average molecular weight is 929 g/mol. The highest BCUT2D eigenvalue weighted by molar-refractivity contribution is 5.45. The van der Waals surface area contributed by atoms with Crippen LogP contribution in [0.5, 0.6) is 0 Å². The number of fused-ring (bicyclic) bond motifs is 16. The van der Waals surface area contributed by atoms with E-state index in [9.17, 15) is 35.7 Å². The zero-order chi connectivity index (χ0) is 47.2. The van der Waals surface area contributed by atoms with Gasteiger partial charge in [-0.2, -0.15) is 0 Å². The number of aromatic nitrogens is 2. The summed E-state index contributed by atoms with van der Waals surface area (Å²) in [4.78, 5) is 11.2. The van der Waals surface area contributed by atoms with Crippen LogP contribution in [0.1, 0.15) is 136 Å². The Labute approximate surface area is 395 Å². The van der Waals surface area contributed by atoms with E-state index in [-0.39, 0.29) is 54.1 Å². The minimum Gasteiger partial charge on any atom is -0.393 e. The normalized spacial score (nSPS) is 59.8. The molecule has 3 unspecified atom stereocenters. The van der Waals surface area contributed by atoms with Crippen LogP contribution >= 0.6 is 0 Å². The first-order valence-electron chi connectivity index (χ1n) is 26.2. The van der Waals surface area contributed by atoms with Crippen molar-refractivity contribution < 1.29 is 54.7 Å². The largest absolute Gasteiger partial charge is 0.393 e. The Balaban J connectivity index is 0.768. The Bertz CT molecular complexity index is 2380. The standard InChI is InChI=1S/C54H76N2O11/c1-26-51(14-13-45(3,61)25-64-51)65-43-19-34-30-11-9-28-15-36-38(21-47(28,5)32(30)17-40(58)49(34,7)52(26,43)62)55-37-16-29-10-12-31-33(48(29,6)22-39(37)56-36)18-41(59)50(8)35(31)20-44-53(50,63)27(2)54(66-44)42(60)23-46(4,24-57)67-54/h19-20,26-33,40-44,57-63H,9-18,21-25H2,1-8H3/t26?,27?,28-,29-,30+,31+,32-,33-,40+,41+,42?,43-,44-,45-,46-,47-,48-,49+,50+,51+,52+,53+,54-/m0/s1. The molecule has 8 aliphatic carbocycles. The van der Waals surface area contributed by atoms with Gasteiger partial charge in [0, 0.05) is 35.5 Å². The fourth-order valence-corrected chi connectivity index (χ4v) is 19.3. The SMILES string of the molecule is CC1[C@@]2(CC[C@](C)(O)CO2)O[C@H]2C=C3[C@@H]4CC[C@H]5Cc6nc7c(nc6C[C@]5(C)[C@H]4C[C@@H](O)[C@]3(C)[C@@]12O)C[C@@H]1CC[C@H]2C3=C[C@@H]4O[C@]5(O[C@](C)(CO)CC5O)C(C)[C@]4(O)[C@@]3(C)[C@H](O)C[C@@H]2[C@@]1(C)C7. The fraction of sp³-hybridized carbons (Fsp3) is 0.852. The molecule has 13 rings (SSSR count). The lowest BCUT2D eigenvalue weighted by Gasteiger charge is -2.62. The van der Waals surface area contributed by atoms with Crippen molar-refractivity contribution in [1.29, 1.82) is 0 Å².